The zero-order valence-corrected chi connectivity index (χ0v) is 18.1. The molecule has 9 nitrogen and oxygen atoms in total. The van der Waals surface area contributed by atoms with E-state index >= 15 is 0 Å². The largest absolute Gasteiger partial charge is 0.497 e. The first-order chi connectivity index (χ1) is 15.6. The highest BCUT2D eigenvalue weighted by Gasteiger charge is 2.30. The number of benzene rings is 2. The van der Waals surface area contributed by atoms with Gasteiger partial charge in [0.25, 0.3) is 5.91 Å². The van der Waals surface area contributed by atoms with Crippen molar-refractivity contribution < 1.29 is 19.0 Å². The number of carbonyl (C=O) groups is 1. The fraction of sp³-hybridized carbons (Fsp3) is 0.348. The van der Waals surface area contributed by atoms with E-state index < -0.39 is 0 Å². The number of hydrogen-bond acceptors (Lipinski definition) is 6. The molecule has 1 aliphatic carbocycles. The van der Waals surface area contributed by atoms with Crippen molar-refractivity contribution >= 4 is 5.91 Å². The summed E-state index contributed by atoms with van der Waals surface area (Å²) in [7, 11) is 3.20. The molecule has 0 spiro atoms. The molecular formula is C23H26N4O5. The predicted molar refractivity (Wildman–Crippen MR) is 118 cm³/mol. The SMILES string of the molecule is COc1ccc(OCC(=O)NCCn2nc(-c3ccc(OC)cc3)n(C3CC3)c2=O)cc1. The molecule has 4 rings (SSSR count). The number of aromatic nitrogens is 3. The number of nitrogens with one attached hydrogen (secondary N) is 1. The Labute approximate surface area is 185 Å². The fourth-order valence-electron chi connectivity index (χ4n) is 3.34. The highest BCUT2D eigenvalue weighted by molar-refractivity contribution is 5.77. The molecule has 1 saturated carbocycles. The summed E-state index contributed by atoms with van der Waals surface area (Å²) in [4.78, 5) is 25.0. The third-order valence-corrected chi connectivity index (χ3v) is 5.21. The molecule has 0 aliphatic heterocycles. The lowest BCUT2D eigenvalue weighted by molar-refractivity contribution is -0.123. The van der Waals surface area contributed by atoms with Gasteiger partial charge in [-0.1, -0.05) is 0 Å². The molecule has 1 amide bonds. The Balaban J connectivity index is 1.35. The first-order valence-electron chi connectivity index (χ1n) is 10.5. The molecule has 2 aromatic carbocycles. The number of carbonyl (C=O) groups excluding carboxylic acids is 1. The summed E-state index contributed by atoms with van der Waals surface area (Å²) in [6, 6.07) is 14.6. The summed E-state index contributed by atoms with van der Waals surface area (Å²) in [5.74, 6) is 2.39. The van der Waals surface area contributed by atoms with Crippen molar-refractivity contribution in [1.82, 2.24) is 19.7 Å². The molecule has 0 bridgehead atoms. The molecule has 9 heteroatoms. The number of methoxy groups -OCH3 is 2. The molecule has 0 saturated heterocycles. The van der Waals surface area contributed by atoms with E-state index in [0.717, 1.165) is 24.2 Å². The number of hydrogen-bond donors (Lipinski definition) is 1. The molecule has 0 unspecified atom stereocenters. The lowest BCUT2D eigenvalue weighted by Gasteiger charge is -2.08. The lowest BCUT2D eigenvalue weighted by Crippen LogP contribution is -2.34. The van der Waals surface area contributed by atoms with Gasteiger partial charge >= 0.3 is 5.69 Å². The maximum atomic E-state index is 12.9. The van der Waals surface area contributed by atoms with Crippen LogP contribution in [-0.2, 0) is 11.3 Å². The average molecular weight is 438 g/mol. The van der Waals surface area contributed by atoms with Gasteiger partial charge in [-0.05, 0) is 61.4 Å². The van der Waals surface area contributed by atoms with E-state index in [9.17, 15) is 9.59 Å². The first kappa shape index (κ1) is 21.5. The van der Waals surface area contributed by atoms with Crippen molar-refractivity contribution in [3.8, 4) is 28.6 Å². The minimum atomic E-state index is -0.272. The van der Waals surface area contributed by atoms with Crippen molar-refractivity contribution in [3.05, 3.63) is 59.0 Å². The van der Waals surface area contributed by atoms with Gasteiger partial charge in [-0.2, -0.15) is 0 Å². The van der Waals surface area contributed by atoms with Crippen LogP contribution in [0, 0.1) is 0 Å². The van der Waals surface area contributed by atoms with E-state index in [0.29, 0.717) is 17.3 Å². The Morgan fingerprint density at radius 3 is 2.19 bits per heavy atom. The van der Waals surface area contributed by atoms with Crippen LogP contribution in [0.15, 0.2) is 53.3 Å². The standard InChI is InChI=1S/C23H26N4O5/c1-30-18-7-3-16(4-8-18)22-25-26(23(29)27(22)17-5-6-17)14-13-24-21(28)15-32-20-11-9-19(31-2)10-12-20/h3-4,7-12,17H,5-6,13-15H2,1-2H3,(H,24,28). The van der Waals surface area contributed by atoms with Crippen LogP contribution >= 0.6 is 0 Å². The number of ether oxygens (including phenoxy) is 3. The summed E-state index contributed by atoms with van der Waals surface area (Å²) in [6.45, 7) is 0.430. The lowest BCUT2D eigenvalue weighted by atomic mass is 10.2. The van der Waals surface area contributed by atoms with Crippen LogP contribution in [0.4, 0.5) is 0 Å². The number of nitrogens with zero attached hydrogens (tertiary/aromatic N) is 3. The van der Waals surface area contributed by atoms with Crippen molar-refractivity contribution in [3.63, 3.8) is 0 Å². The second-order valence-electron chi connectivity index (χ2n) is 7.47. The molecule has 1 heterocycles. The minimum Gasteiger partial charge on any atom is -0.497 e. The van der Waals surface area contributed by atoms with Gasteiger partial charge in [-0.25, -0.2) is 9.48 Å². The zero-order valence-electron chi connectivity index (χ0n) is 18.1. The van der Waals surface area contributed by atoms with Gasteiger partial charge in [0.2, 0.25) is 0 Å². The van der Waals surface area contributed by atoms with Crippen LogP contribution < -0.4 is 25.2 Å². The predicted octanol–water partition coefficient (Wildman–Crippen LogP) is 2.26. The molecule has 3 aromatic rings. The van der Waals surface area contributed by atoms with Gasteiger partial charge in [0, 0.05) is 18.2 Å². The highest BCUT2D eigenvalue weighted by Crippen LogP contribution is 2.36. The molecule has 1 aliphatic rings. The molecule has 0 radical (unpaired) electrons. The maximum absolute atomic E-state index is 12.9. The summed E-state index contributed by atoms with van der Waals surface area (Å²) < 4.78 is 18.9. The second-order valence-corrected chi connectivity index (χ2v) is 7.47. The van der Waals surface area contributed by atoms with Crippen LogP contribution in [0.25, 0.3) is 11.4 Å². The van der Waals surface area contributed by atoms with Gasteiger partial charge in [0.15, 0.2) is 12.4 Å². The Kier molecular flexibility index (Phi) is 6.44. The molecule has 1 aromatic heterocycles. The van der Waals surface area contributed by atoms with Crippen LogP contribution in [0.3, 0.4) is 0 Å². The van der Waals surface area contributed by atoms with Gasteiger partial charge in [-0.15, -0.1) is 5.10 Å². The molecule has 0 atom stereocenters. The molecule has 32 heavy (non-hydrogen) atoms. The Morgan fingerprint density at radius 2 is 1.59 bits per heavy atom. The third kappa shape index (κ3) is 4.93. The quantitative estimate of drug-likeness (QED) is 0.522. The number of amides is 1. The Hall–Kier alpha value is -3.75. The number of rotatable bonds is 10. The first-order valence-corrected chi connectivity index (χ1v) is 10.5. The fourth-order valence-corrected chi connectivity index (χ4v) is 3.34. The second kappa shape index (κ2) is 9.59. The van der Waals surface area contributed by atoms with Crippen LogP contribution in [0.5, 0.6) is 17.2 Å². The van der Waals surface area contributed by atoms with Crippen molar-refractivity contribution in [1.29, 1.82) is 0 Å². The highest BCUT2D eigenvalue weighted by atomic mass is 16.5. The van der Waals surface area contributed by atoms with Crippen molar-refractivity contribution in [2.75, 3.05) is 27.4 Å². The van der Waals surface area contributed by atoms with E-state index in [1.54, 1.807) is 43.1 Å². The summed E-state index contributed by atoms with van der Waals surface area (Å²) in [5.41, 5.74) is 0.688. The molecular weight excluding hydrogens is 412 g/mol. The van der Waals surface area contributed by atoms with E-state index in [-0.39, 0.29) is 37.3 Å². The topological polar surface area (TPSA) is 96.6 Å². The third-order valence-electron chi connectivity index (χ3n) is 5.21. The average Bonchev–Trinajstić information content (AvgIpc) is 3.61. The molecule has 168 valence electrons. The van der Waals surface area contributed by atoms with Gasteiger partial charge in [0.1, 0.15) is 17.2 Å². The summed E-state index contributed by atoms with van der Waals surface area (Å²) in [6.07, 6.45) is 1.93. The van der Waals surface area contributed by atoms with Crippen LogP contribution in [-0.4, -0.2) is 47.6 Å². The molecule has 1 fully saturated rings. The Bertz CT molecular complexity index is 1110. The smallest absolute Gasteiger partial charge is 0.346 e. The summed E-state index contributed by atoms with van der Waals surface area (Å²) in [5, 5.41) is 7.30. The van der Waals surface area contributed by atoms with Gasteiger partial charge in [-0.3, -0.25) is 9.36 Å². The van der Waals surface area contributed by atoms with Crippen LogP contribution in [0.2, 0.25) is 0 Å². The van der Waals surface area contributed by atoms with E-state index in [1.807, 2.05) is 24.3 Å². The van der Waals surface area contributed by atoms with Crippen molar-refractivity contribution in [2.24, 2.45) is 0 Å². The Morgan fingerprint density at radius 1 is 1.00 bits per heavy atom. The normalized spacial score (nSPS) is 12.9. The van der Waals surface area contributed by atoms with Gasteiger partial charge in [0.05, 0.1) is 20.8 Å². The van der Waals surface area contributed by atoms with Crippen molar-refractivity contribution in [2.45, 2.75) is 25.4 Å². The van der Waals surface area contributed by atoms with Crippen LogP contribution in [0.1, 0.15) is 18.9 Å². The molecule has 1 N–H and O–H groups in total. The maximum Gasteiger partial charge on any atom is 0.346 e. The van der Waals surface area contributed by atoms with E-state index in [2.05, 4.69) is 10.4 Å². The van der Waals surface area contributed by atoms with Gasteiger partial charge < -0.3 is 19.5 Å². The monoisotopic (exact) mass is 438 g/mol. The van der Waals surface area contributed by atoms with E-state index in [4.69, 9.17) is 14.2 Å². The minimum absolute atomic E-state index is 0.116. The zero-order chi connectivity index (χ0) is 22.5. The summed E-state index contributed by atoms with van der Waals surface area (Å²) >= 11 is 0. The van der Waals surface area contributed by atoms with E-state index in [1.165, 1.54) is 4.68 Å².